The third-order valence-electron chi connectivity index (χ3n) is 5.09. The van der Waals surface area contributed by atoms with Gasteiger partial charge in [-0.15, -0.1) is 5.10 Å². The SMILES string of the molecule is Cc1nn(-c2ccccc2)c(C)c1CNC(=O)c1nnn(-c2ccc(F)cc2)c1C(F)(F)F. The van der Waals surface area contributed by atoms with E-state index in [9.17, 15) is 22.4 Å². The van der Waals surface area contributed by atoms with E-state index in [0.717, 1.165) is 35.6 Å². The lowest BCUT2D eigenvalue weighted by Gasteiger charge is -2.11. The summed E-state index contributed by atoms with van der Waals surface area (Å²) in [7, 11) is 0. The van der Waals surface area contributed by atoms with Crippen LogP contribution in [0.1, 0.15) is 33.1 Å². The number of aryl methyl sites for hydroxylation is 1. The average Bonchev–Trinajstić information content (AvgIpc) is 3.35. The first-order valence-corrected chi connectivity index (χ1v) is 9.84. The zero-order valence-electron chi connectivity index (χ0n) is 17.6. The van der Waals surface area contributed by atoms with Gasteiger partial charge in [0.25, 0.3) is 5.91 Å². The number of nitrogens with zero attached hydrogens (tertiary/aromatic N) is 5. The predicted molar refractivity (Wildman–Crippen MR) is 111 cm³/mol. The smallest absolute Gasteiger partial charge is 0.346 e. The lowest BCUT2D eigenvalue weighted by Crippen LogP contribution is -2.27. The van der Waals surface area contributed by atoms with Crippen molar-refractivity contribution in [1.82, 2.24) is 30.1 Å². The lowest BCUT2D eigenvalue weighted by atomic mass is 10.2. The number of benzene rings is 2. The molecular weight excluding hydrogens is 440 g/mol. The highest BCUT2D eigenvalue weighted by molar-refractivity contribution is 5.93. The van der Waals surface area contributed by atoms with Gasteiger partial charge in [-0.25, -0.2) is 13.8 Å². The number of rotatable bonds is 5. The molecule has 1 amide bonds. The van der Waals surface area contributed by atoms with E-state index in [1.54, 1.807) is 18.5 Å². The highest BCUT2D eigenvalue weighted by atomic mass is 19.4. The van der Waals surface area contributed by atoms with E-state index >= 15 is 0 Å². The van der Waals surface area contributed by atoms with Crippen LogP contribution in [0.2, 0.25) is 0 Å². The van der Waals surface area contributed by atoms with Gasteiger partial charge in [-0.1, -0.05) is 23.4 Å². The molecule has 2 aromatic heterocycles. The summed E-state index contributed by atoms with van der Waals surface area (Å²) >= 11 is 0. The van der Waals surface area contributed by atoms with E-state index in [4.69, 9.17) is 0 Å². The normalized spacial score (nSPS) is 11.6. The van der Waals surface area contributed by atoms with Gasteiger partial charge in [0.2, 0.25) is 0 Å². The number of carbonyl (C=O) groups is 1. The first kappa shape index (κ1) is 22.2. The van der Waals surface area contributed by atoms with Gasteiger partial charge in [0.05, 0.1) is 17.1 Å². The molecule has 4 aromatic rings. The summed E-state index contributed by atoms with van der Waals surface area (Å²) in [5.41, 5.74) is 0.556. The Bertz CT molecular complexity index is 1290. The van der Waals surface area contributed by atoms with Crippen LogP contribution >= 0.6 is 0 Å². The molecule has 0 bridgehead atoms. The van der Waals surface area contributed by atoms with E-state index in [1.165, 1.54) is 0 Å². The number of halogens is 4. The van der Waals surface area contributed by atoms with Crippen LogP contribution in [0.3, 0.4) is 0 Å². The molecule has 0 saturated heterocycles. The molecule has 2 heterocycles. The molecule has 1 N–H and O–H groups in total. The molecule has 0 spiro atoms. The second-order valence-electron chi connectivity index (χ2n) is 7.25. The molecule has 0 aliphatic heterocycles. The average molecular weight is 458 g/mol. The van der Waals surface area contributed by atoms with E-state index in [-0.39, 0.29) is 12.2 Å². The van der Waals surface area contributed by atoms with Crippen molar-refractivity contribution in [2.24, 2.45) is 0 Å². The van der Waals surface area contributed by atoms with Crippen LogP contribution in [0.5, 0.6) is 0 Å². The molecule has 2 aromatic carbocycles. The van der Waals surface area contributed by atoms with Crippen LogP contribution in [0, 0.1) is 19.7 Å². The lowest BCUT2D eigenvalue weighted by molar-refractivity contribution is -0.143. The van der Waals surface area contributed by atoms with E-state index in [0.29, 0.717) is 15.9 Å². The summed E-state index contributed by atoms with van der Waals surface area (Å²) < 4.78 is 56.7. The summed E-state index contributed by atoms with van der Waals surface area (Å²) in [5.74, 6) is -1.66. The number of nitrogens with one attached hydrogen (secondary N) is 1. The molecule has 0 unspecified atom stereocenters. The number of hydrogen-bond acceptors (Lipinski definition) is 4. The number of para-hydroxylation sites is 1. The molecule has 0 aliphatic rings. The molecule has 0 saturated carbocycles. The largest absolute Gasteiger partial charge is 0.435 e. The Kier molecular flexibility index (Phi) is 5.71. The second kappa shape index (κ2) is 8.49. The number of aromatic nitrogens is 5. The maximum Gasteiger partial charge on any atom is 0.435 e. The summed E-state index contributed by atoms with van der Waals surface area (Å²) in [5, 5.41) is 13.9. The van der Waals surface area contributed by atoms with Crippen LogP contribution in [-0.2, 0) is 12.7 Å². The van der Waals surface area contributed by atoms with Gasteiger partial charge in [0, 0.05) is 17.8 Å². The fraction of sp³-hybridized carbons (Fsp3) is 0.182. The molecule has 33 heavy (non-hydrogen) atoms. The molecule has 4 rings (SSSR count). The van der Waals surface area contributed by atoms with Gasteiger partial charge in [-0.3, -0.25) is 4.79 Å². The second-order valence-corrected chi connectivity index (χ2v) is 7.25. The van der Waals surface area contributed by atoms with E-state index < -0.39 is 29.3 Å². The molecule has 7 nitrogen and oxygen atoms in total. The topological polar surface area (TPSA) is 77.6 Å². The van der Waals surface area contributed by atoms with Gasteiger partial charge in [-0.2, -0.15) is 18.3 Å². The van der Waals surface area contributed by atoms with Crippen molar-refractivity contribution in [1.29, 1.82) is 0 Å². The summed E-state index contributed by atoms with van der Waals surface area (Å²) in [6.45, 7) is 3.50. The van der Waals surface area contributed by atoms with E-state index in [2.05, 4.69) is 20.7 Å². The molecule has 170 valence electrons. The minimum atomic E-state index is -4.92. The van der Waals surface area contributed by atoms with Crippen molar-refractivity contribution in [3.63, 3.8) is 0 Å². The zero-order valence-corrected chi connectivity index (χ0v) is 17.6. The van der Waals surface area contributed by atoms with Gasteiger partial charge < -0.3 is 5.32 Å². The van der Waals surface area contributed by atoms with Crippen LogP contribution in [0.25, 0.3) is 11.4 Å². The summed E-state index contributed by atoms with van der Waals surface area (Å²) in [4.78, 5) is 12.7. The fourth-order valence-electron chi connectivity index (χ4n) is 3.46. The molecular formula is C22H18F4N6O. The molecule has 0 atom stereocenters. The minimum absolute atomic E-state index is 0.0515. The van der Waals surface area contributed by atoms with Gasteiger partial charge in [-0.05, 0) is 50.2 Å². The molecule has 0 radical (unpaired) electrons. The molecule has 11 heteroatoms. The van der Waals surface area contributed by atoms with Crippen LogP contribution < -0.4 is 5.32 Å². The summed E-state index contributed by atoms with van der Waals surface area (Å²) in [6, 6.07) is 13.5. The van der Waals surface area contributed by atoms with Crippen LogP contribution in [0.15, 0.2) is 54.6 Å². The minimum Gasteiger partial charge on any atom is -0.346 e. The maximum absolute atomic E-state index is 13.8. The number of hydrogen-bond donors (Lipinski definition) is 1. The zero-order chi connectivity index (χ0) is 23.8. The molecule has 0 fully saturated rings. The quantitative estimate of drug-likeness (QED) is 0.456. The van der Waals surface area contributed by atoms with Gasteiger partial charge in [0.1, 0.15) is 5.82 Å². The van der Waals surface area contributed by atoms with Crippen molar-refractivity contribution in [3.05, 3.63) is 88.8 Å². The number of alkyl halides is 3. The number of carbonyl (C=O) groups excluding carboxylic acids is 1. The van der Waals surface area contributed by atoms with Crippen molar-refractivity contribution in [2.45, 2.75) is 26.6 Å². The first-order chi connectivity index (χ1) is 15.7. The monoisotopic (exact) mass is 458 g/mol. The Morgan fingerprint density at radius 3 is 2.24 bits per heavy atom. The Labute approximate surface area is 185 Å². The highest BCUT2D eigenvalue weighted by Gasteiger charge is 2.42. The standard InChI is InChI=1S/C22H18F4N6O/c1-13-18(14(2)31(29-13)16-6-4-3-5-7-16)12-27-21(33)19-20(22(24,25)26)32(30-28-19)17-10-8-15(23)9-11-17/h3-11H,12H2,1-2H3,(H,27,33). The van der Waals surface area contributed by atoms with Crippen molar-refractivity contribution in [3.8, 4) is 11.4 Å². The van der Waals surface area contributed by atoms with Crippen LogP contribution in [-0.4, -0.2) is 30.7 Å². The van der Waals surface area contributed by atoms with E-state index in [1.807, 2.05) is 30.3 Å². The first-order valence-electron chi connectivity index (χ1n) is 9.84. The van der Waals surface area contributed by atoms with Gasteiger partial charge >= 0.3 is 6.18 Å². The van der Waals surface area contributed by atoms with Crippen LogP contribution in [0.4, 0.5) is 17.6 Å². The van der Waals surface area contributed by atoms with Crippen molar-refractivity contribution < 1.29 is 22.4 Å². The van der Waals surface area contributed by atoms with Crippen molar-refractivity contribution in [2.75, 3.05) is 0 Å². The third kappa shape index (κ3) is 4.34. The number of amides is 1. The fourth-order valence-corrected chi connectivity index (χ4v) is 3.46. The Hall–Kier alpha value is -4.02. The van der Waals surface area contributed by atoms with Gasteiger partial charge in [0.15, 0.2) is 11.4 Å². The predicted octanol–water partition coefficient (Wildman–Crippen LogP) is 4.16. The maximum atomic E-state index is 13.8. The molecule has 0 aliphatic carbocycles. The van der Waals surface area contributed by atoms with Crippen molar-refractivity contribution >= 4 is 5.91 Å². The Morgan fingerprint density at radius 2 is 1.61 bits per heavy atom. The third-order valence-corrected chi connectivity index (χ3v) is 5.09. The summed E-state index contributed by atoms with van der Waals surface area (Å²) in [6.07, 6.45) is -4.92. The Balaban J connectivity index is 1.61. The highest BCUT2D eigenvalue weighted by Crippen LogP contribution is 2.32. The Morgan fingerprint density at radius 1 is 0.970 bits per heavy atom.